The van der Waals surface area contributed by atoms with Gasteiger partial charge in [0.05, 0.1) is 6.61 Å². The van der Waals surface area contributed by atoms with Gasteiger partial charge < -0.3 is 29.2 Å². The first-order valence-electron chi connectivity index (χ1n) is 15.0. The molecule has 40 heavy (non-hydrogen) atoms. The van der Waals surface area contributed by atoms with Gasteiger partial charge >= 0.3 is 23.9 Å². The van der Waals surface area contributed by atoms with Gasteiger partial charge in [0.15, 0.2) is 6.10 Å². The Balaban J connectivity index is 0. The Bertz CT molecular complexity index is 620. The Morgan fingerprint density at radius 3 is 1.32 bits per heavy atom. The molecule has 0 fully saturated rings. The average molecular weight is 577 g/mol. The zero-order chi connectivity index (χ0) is 30.4. The van der Waals surface area contributed by atoms with E-state index in [-0.39, 0.29) is 32.4 Å². The molecule has 2 N–H and O–H groups in total. The Hall–Kier alpha value is -2.20. The van der Waals surface area contributed by atoms with Crippen molar-refractivity contribution >= 4 is 23.9 Å². The van der Waals surface area contributed by atoms with Crippen LogP contribution >= 0.6 is 0 Å². The average Bonchev–Trinajstić information content (AvgIpc) is 2.90. The third-order valence-electron chi connectivity index (χ3n) is 5.91. The maximum Gasteiger partial charge on any atom is 0.305 e. The van der Waals surface area contributed by atoms with Gasteiger partial charge in [0.2, 0.25) is 0 Å². The second kappa shape index (κ2) is 29.8. The molecule has 1 unspecified atom stereocenters. The van der Waals surface area contributed by atoms with Crippen LogP contribution in [0.2, 0.25) is 0 Å². The van der Waals surface area contributed by atoms with E-state index in [9.17, 15) is 19.2 Å². The van der Waals surface area contributed by atoms with E-state index in [1.54, 1.807) is 0 Å². The van der Waals surface area contributed by atoms with Gasteiger partial charge in [0.25, 0.3) is 0 Å². The van der Waals surface area contributed by atoms with Crippen molar-refractivity contribution in [1.29, 1.82) is 0 Å². The second-order valence-corrected chi connectivity index (χ2v) is 10.1. The summed E-state index contributed by atoms with van der Waals surface area (Å²) < 4.78 is 18.9. The maximum absolute atomic E-state index is 11.4. The van der Waals surface area contributed by atoms with Crippen LogP contribution in [0.25, 0.3) is 0 Å². The molecule has 0 aromatic rings. The summed E-state index contributed by atoms with van der Waals surface area (Å²) in [6, 6.07) is 0. The molecule has 0 aromatic carbocycles. The van der Waals surface area contributed by atoms with Crippen LogP contribution in [0.1, 0.15) is 130 Å². The Morgan fingerprint density at radius 2 is 0.975 bits per heavy atom. The van der Waals surface area contributed by atoms with Crippen LogP contribution < -0.4 is 0 Å². The molecule has 0 bridgehead atoms. The van der Waals surface area contributed by atoms with Crippen molar-refractivity contribution in [2.24, 2.45) is 0 Å². The highest BCUT2D eigenvalue weighted by Crippen LogP contribution is 2.13. The van der Waals surface area contributed by atoms with Gasteiger partial charge in [0, 0.05) is 27.2 Å². The molecule has 0 radical (unpaired) electrons. The molecule has 0 aromatic heterocycles. The fourth-order valence-electron chi connectivity index (χ4n) is 3.73. The summed E-state index contributed by atoms with van der Waals surface area (Å²) in [5, 5.41) is 17.7. The van der Waals surface area contributed by atoms with E-state index < -0.39 is 30.1 Å². The van der Waals surface area contributed by atoms with Gasteiger partial charge in [-0.1, -0.05) is 96.8 Å². The minimum Gasteiger partial charge on any atom is -0.463 e. The first-order chi connectivity index (χ1) is 19.1. The van der Waals surface area contributed by atoms with Gasteiger partial charge in [-0.05, 0) is 6.42 Å². The fraction of sp³-hybridized carbons (Fsp3) is 0.867. The number of aliphatic hydroxyl groups excluding tert-OH is 2. The molecule has 10 heteroatoms. The highest BCUT2D eigenvalue weighted by molar-refractivity contribution is 5.69. The van der Waals surface area contributed by atoms with Crippen LogP contribution in [0.15, 0.2) is 0 Å². The topological polar surface area (TPSA) is 146 Å². The van der Waals surface area contributed by atoms with E-state index >= 15 is 0 Å². The lowest BCUT2D eigenvalue weighted by Gasteiger charge is -2.15. The standard InChI is InChI=1S/C21H42O4.C9H14O6/c1-2-3-4-5-6-7-8-9-10-11-12-13-14-15-16-17-21(24)25-19-20(23)18-22;1-6(10)13-4-9(15-8(3)12)5-14-7(2)11/h20,22-23H,2-19H2,1H3;9H,4-5H2,1-3H3. The zero-order valence-electron chi connectivity index (χ0n) is 25.5. The number of unbranched alkanes of at least 4 members (excludes halogenated alkanes) is 14. The highest BCUT2D eigenvalue weighted by Gasteiger charge is 2.15. The molecule has 10 nitrogen and oxygen atoms in total. The summed E-state index contributed by atoms with van der Waals surface area (Å²) >= 11 is 0. The smallest absolute Gasteiger partial charge is 0.305 e. The molecule has 1 atom stereocenters. The number of hydrogen-bond donors (Lipinski definition) is 2. The minimum absolute atomic E-state index is 0.103. The van der Waals surface area contributed by atoms with Crippen LogP contribution in [-0.2, 0) is 38.1 Å². The lowest BCUT2D eigenvalue weighted by Crippen LogP contribution is -2.29. The summed E-state index contributed by atoms with van der Waals surface area (Å²) in [7, 11) is 0. The molecule has 0 saturated heterocycles. The van der Waals surface area contributed by atoms with Crippen molar-refractivity contribution in [3.05, 3.63) is 0 Å². The zero-order valence-corrected chi connectivity index (χ0v) is 25.5. The van der Waals surface area contributed by atoms with E-state index in [0.29, 0.717) is 6.42 Å². The number of carbonyl (C=O) groups excluding carboxylic acids is 4. The number of carbonyl (C=O) groups is 4. The van der Waals surface area contributed by atoms with Crippen LogP contribution in [0.3, 0.4) is 0 Å². The van der Waals surface area contributed by atoms with E-state index in [2.05, 4.69) is 16.4 Å². The molecule has 0 aliphatic carbocycles. The monoisotopic (exact) mass is 576 g/mol. The third-order valence-corrected chi connectivity index (χ3v) is 5.91. The predicted octanol–water partition coefficient (Wildman–Crippen LogP) is 5.19. The largest absolute Gasteiger partial charge is 0.463 e. The molecule has 0 aliphatic rings. The quantitative estimate of drug-likeness (QED) is 0.0894. The van der Waals surface area contributed by atoms with Crippen LogP contribution in [0.4, 0.5) is 0 Å². The maximum atomic E-state index is 11.4. The van der Waals surface area contributed by atoms with Crippen molar-refractivity contribution in [3.63, 3.8) is 0 Å². The van der Waals surface area contributed by atoms with E-state index in [0.717, 1.165) is 12.8 Å². The normalized spacial score (nSPS) is 11.3. The molecule has 236 valence electrons. The van der Waals surface area contributed by atoms with Gasteiger partial charge in [-0.2, -0.15) is 0 Å². The van der Waals surface area contributed by atoms with Crippen molar-refractivity contribution in [1.82, 2.24) is 0 Å². The van der Waals surface area contributed by atoms with Crippen molar-refractivity contribution in [3.8, 4) is 0 Å². The van der Waals surface area contributed by atoms with Crippen LogP contribution in [0, 0.1) is 0 Å². The second-order valence-electron chi connectivity index (χ2n) is 10.1. The summed E-state index contributed by atoms with van der Waals surface area (Å²) in [4.78, 5) is 43.0. The number of esters is 4. The van der Waals surface area contributed by atoms with E-state index in [4.69, 9.17) is 19.7 Å². The van der Waals surface area contributed by atoms with Gasteiger partial charge in [-0.25, -0.2) is 0 Å². The molecule has 0 amide bonds. The number of hydrogen-bond acceptors (Lipinski definition) is 10. The number of aliphatic hydroxyl groups is 2. The van der Waals surface area contributed by atoms with Crippen molar-refractivity contribution in [2.75, 3.05) is 26.4 Å². The molecular weight excluding hydrogens is 520 g/mol. The van der Waals surface area contributed by atoms with Crippen LogP contribution in [-0.4, -0.2) is 72.7 Å². The molecule has 0 rings (SSSR count). The third kappa shape index (κ3) is 33.8. The predicted molar refractivity (Wildman–Crippen MR) is 152 cm³/mol. The Labute approximate surface area is 241 Å². The summed E-state index contributed by atoms with van der Waals surface area (Å²) in [5.74, 6) is -1.79. The summed E-state index contributed by atoms with van der Waals surface area (Å²) in [5.41, 5.74) is 0. The first kappa shape index (κ1) is 39.9. The molecule has 0 spiro atoms. The Morgan fingerprint density at radius 1 is 0.575 bits per heavy atom. The highest BCUT2D eigenvalue weighted by atomic mass is 16.6. The lowest BCUT2D eigenvalue weighted by atomic mass is 10.0. The van der Waals surface area contributed by atoms with Crippen molar-refractivity contribution < 1.29 is 48.3 Å². The van der Waals surface area contributed by atoms with Crippen molar-refractivity contribution in [2.45, 2.75) is 143 Å². The lowest BCUT2D eigenvalue weighted by molar-refractivity contribution is -0.163. The number of rotatable bonds is 24. The molecule has 0 heterocycles. The molecule has 0 aliphatic heterocycles. The minimum atomic E-state index is -0.954. The number of ether oxygens (including phenoxy) is 4. The van der Waals surface area contributed by atoms with Crippen LogP contribution in [0.5, 0.6) is 0 Å². The fourth-order valence-corrected chi connectivity index (χ4v) is 3.73. The molecular formula is C30H56O10. The summed E-state index contributed by atoms with van der Waals surface area (Å²) in [6.45, 7) is 5.23. The first-order valence-corrected chi connectivity index (χ1v) is 15.0. The summed E-state index contributed by atoms with van der Waals surface area (Å²) in [6.07, 6.45) is 18.3. The van der Waals surface area contributed by atoms with E-state index in [1.165, 1.54) is 104 Å². The SMILES string of the molecule is CC(=O)OCC(COC(C)=O)OC(C)=O.CCCCCCCCCCCCCCCCCC(=O)OCC(O)CO. The van der Waals surface area contributed by atoms with E-state index in [1.807, 2.05) is 0 Å². The van der Waals surface area contributed by atoms with Gasteiger partial charge in [-0.3, -0.25) is 19.2 Å². The Kier molecular flexibility index (Phi) is 29.7. The van der Waals surface area contributed by atoms with Gasteiger partial charge in [-0.15, -0.1) is 0 Å². The van der Waals surface area contributed by atoms with Gasteiger partial charge in [0.1, 0.15) is 25.9 Å². The molecule has 0 saturated carbocycles.